The average Bonchev–Trinajstić information content (AvgIpc) is 2.62. The molecule has 0 spiro atoms. The van der Waals surface area contributed by atoms with Crippen molar-refractivity contribution in [1.82, 2.24) is 10.2 Å². The molecule has 118 valence electrons. The van der Waals surface area contributed by atoms with Crippen molar-refractivity contribution >= 4 is 11.6 Å². The lowest BCUT2D eigenvalue weighted by atomic mass is 9.98. The molecule has 21 heavy (non-hydrogen) atoms. The number of hydrogen-bond acceptors (Lipinski definition) is 3. The van der Waals surface area contributed by atoms with E-state index in [1.807, 2.05) is 32.2 Å². The summed E-state index contributed by atoms with van der Waals surface area (Å²) in [5.41, 5.74) is 0.684. The second kappa shape index (κ2) is 7.59. The van der Waals surface area contributed by atoms with Gasteiger partial charge >= 0.3 is 0 Å². The van der Waals surface area contributed by atoms with Crippen LogP contribution in [0.4, 0.5) is 0 Å². The molecule has 1 heterocycles. The third kappa shape index (κ3) is 4.96. The Morgan fingerprint density at radius 1 is 1.33 bits per heavy atom. The molecule has 0 amide bonds. The van der Waals surface area contributed by atoms with Crippen molar-refractivity contribution in [2.75, 3.05) is 26.7 Å². The molecule has 2 rings (SSSR count). The van der Waals surface area contributed by atoms with Gasteiger partial charge in [0.05, 0.1) is 5.60 Å². The van der Waals surface area contributed by atoms with Gasteiger partial charge < -0.3 is 15.3 Å². The Labute approximate surface area is 133 Å². The molecule has 1 aromatic rings. The lowest BCUT2D eigenvalue weighted by Gasteiger charge is -2.25. The Morgan fingerprint density at radius 2 is 2.10 bits per heavy atom. The van der Waals surface area contributed by atoms with Gasteiger partial charge in [0.15, 0.2) is 0 Å². The molecule has 1 fully saturated rings. The second-order valence-electron chi connectivity index (χ2n) is 6.34. The lowest BCUT2D eigenvalue weighted by molar-refractivity contribution is 0.0445. The molecule has 2 unspecified atom stereocenters. The number of aliphatic hydroxyl groups is 1. The van der Waals surface area contributed by atoms with Gasteiger partial charge in [-0.2, -0.15) is 0 Å². The van der Waals surface area contributed by atoms with E-state index < -0.39 is 5.60 Å². The van der Waals surface area contributed by atoms with Gasteiger partial charge in [-0.3, -0.25) is 0 Å². The number of nitrogens with one attached hydrogen (secondary N) is 1. The Morgan fingerprint density at radius 3 is 2.81 bits per heavy atom. The molecule has 2 N–H and O–H groups in total. The predicted octanol–water partition coefficient (Wildman–Crippen LogP) is 3.23. The number of benzene rings is 1. The van der Waals surface area contributed by atoms with Crippen LogP contribution in [0.15, 0.2) is 24.3 Å². The summed E-state index contributed by atoms with van der Waals surface area (Å²) in [4.78, 5) is 2.46. The van der Waals surface area contributed by atoms with Gasteiger partial charge in [-0.15, -0.1) is 0 Å². The maximum Gasteiger partial charge on any atom is 0.0632 e. The van der Waals surface area contributed by atoms with Crippen molar-refractivity contribution < 1.29 is 5.11 Å². The van der Waals surface area contributed by atoms with Gasteiger partial charge in [-0.25, -0.2) is 0 Å². The van der Waals surface area contributed by atoms with E-state index in [-0.39, 0.29) is 6.04 Å². The first-order valence-corrected chi connectivity index (χ1v) is 8.26. The number of nitrogens with zero attached hydrogens (tertiary/aromatic N) is 1. The number of hydrogen-bond donors (Lipinski definition) is 2. The molecule has 0 radical (unpaired) electrons. The summed E-state index contributed by atoms with van der Waals surface area (Å²) >= 11 is 6.30. The highest BCUT2D eigenvalue weighted by Crippen LogP contribution is 2.26. The fourth-order valence-corrected chi connectivity index (χ4v) is 3.34. The van der Waals surface area contributed by atoms with E-state index in [0.717, 1.165) is 50.3 Å². The first kappa shape index (κ1) is 16.8. The topological polar surface area (TPSA) is 35.5 Å². The maximum absolute atomic E-state index is 10.2. The van der Waals surface area contributed by atoms with E-state index >= 15 is 0 Å². The molecule has 1 aromatic carbocycles. The number of rotatable bonds is 5. The van der Waals surface area contributed by atoms with Crippen LogP contribution < -0.4 is 5.32 Å². The lowest BCUT2D eigenvalue weighted by Crippen LogP contribution is -2.31. The molecular formula is C17H27ClN2O. The Hall–Kier alpha value is -0.610. The average molecular weight is 311 g/mol. The minimum absolute atomic E-state index is 0.280. The van der Waals surface area contributed by atoms with Crippen LogP contribution in [0, 0.1) is 0 Å². The van der Waals surface area contributed by atoms with Crippen molar-refractivity contribution in [3.8, 4) is 0 Å². The zero-order valence-corrected chi connectivity index (χ0v) is 13.9. The van der Waals surface area contributed by atoms with E-state index in [1.165, 1.54) is 5.56 Å². The zero-order chi connectivity index (χ0) is 15.3. The van der Waals surface area contributed by atoms with Gasteiger partial charge in [0, 0.05) is 17.6 Å². The van der Waals surface area contributed by atoms with E-state index in [9.17, 15) is 5.11 Å². The third-order valence-corrected chi connectivity index (χ3v) is 4.86. The Balaban J connectivity index is 1.90. The molecular weight excluding hydrogens is 284 g/mol. The monoisotopic (exact) mass is 310 g/mol. The van der Waals surface area contributed by atoms with Gasteiger partial charge in [0.25, 0.3) is 0 Å². The first-order chi connectivity index (χ1) is 10.0. The highest BCUT2D eigenvalue weighted by molar-refractivity contribution is 6.31. The smallest absolute Gasteiger partial charge is 0.0632 e. The van der Waals surface area contributed by atoms with Crippen molar-refractivity contribution in [1.29, 1.82) is 0 Å². The van der Waals surface area contributed by atoms with E-state index in [2.05, 4.69) is 16.3 Å². The Bertz CT molecular complexity index is 450. The van der Waals surface area contributed by atoms with E-state index in [4.69, 9.17) is 11.6 Å². The van der Waals surface area contributed by atoms with Crippen LogP contribution >= 0.6 is 11.6 Å². The SMILES string of the molecule is CNC(CCN1CCCC(C)(O)CC1)c1ccccc1Cl. The summed E-state index contributed by atoms with van der Waals surface area (Å²) in [6, 6.07) is 8.33. The quantitative estimate of drug-likeness (QED) is 0.876. The molecule has 3 nitrogen and oxygen atoms in total. The normalized spacial score (nSPS) is 25.5. The molecule has 0 aromatic heterocycles. The summed E-state index contributed by atoms with van der Waals surface area (Å²) < 4.78 is 0. The van der Waals surface area contributed by atoms with Gasteiger partial charge in [-0.05, 0) is 64.4 Å². The van der Waals surface area contributed by atoms with Gasteiger partial charge in [0.2, 0.25) is 0 Å². The van der Waals surface area contributed by atoms with Crippen LogP contribution in [0.2, 0.25) is 5.02 Å². The minimum atomic E-state index is -0.486. The van der Waals surface area contributed by atoms with Crippen LogP contribution in [0.25, 0.3) is 0 Å². The zero-order valence-electron chi connectivity index (χ0n) is 13.1. The Kier molecular flexibility index (Phi) is 6.06. The summed E-state index contributed by atoms with van der Waals surface area (Å²) in [5.74, 6) is 0. The summed E-state index contributed by atoms with van der Waals surface area (Å²) in [7, 11) is 1.99. The van der Waals surface area contributed by atoms with Crippen LogP contribution in [0.3, 0.4) is 0 Å². The largest absolute Gasteiger partial charge is 0.390 e. The van der Waals surface area contributed by atoms with Gasteiger partial charge in [0.1, 0.15) is 0 Å². The number of halogens is 1. The van der Waals surface area contributed by atoms with E-state index in [1.54, 1.807) is 0 Å². The highest BCUT2D eigenvalue weighted by Gasteiger charge is 2.25. The number of likely N-dealkylation sites (tertiary alicyclic amines) is 1. The van der Waals surface area contributed by atoms with Crippen molar-refractivity contribution in [2.45, 2.75) is 44.2 Å². The summed E-state index contributed by atoms with van der Waals surface area (Å²) in [5, 5.41) is 14.4. The van der Waals surface area contributed by atoms with Crippen LogP contribution in [0.5, 0.6) is 0 Å². The van der Waals surface area contributed by atoms with E-state index in [0.29, 0.717) is 0 Å². The standard InChI is InChI=1S/C17H27ClN2O/c1-17(21)9-5-11-20(13-10-17)12-8-16(19-2)14-6-3-4-7-15(14)18/h3-4,6-7,16,19,21H,5,8-13H2,1-2H3. The van der Waals surface area contributed by atoms with Crippen LogP contribution in [0.1, 0.15) is 44.2 Å². The van der Waals surface area contributed by atoms with Crippen molar-refractivity contribution in [3.05, 3.63) is 34.9 Å². The first-order valence-electron chi connectivity index (χ1n) is 7.88. The highest BCUT2D eigenvalue weighted by atomic mass is 35.5. The molecule has 0 bridgehead atoms. The molecule has 2 atom stereocenters. The van der Waals surface area contributed by atoms with Crippen molar-refractivity contribution in [2.24, 2.45) is 0 Å². The fourth-order valence-electron chi connectivity index (χ4n) is 3.07. The summed E-state index contributed by atoms with van der Waals surface area (Å²) in [6.07, 6.45) is 3.87. The molecule has 1 saturated heterocycles. The predicted molar refractivity (Wildman–Crippen MR) is 88.8 cm³/mol. The van der Waals surface area contributed by atoms with Crippen molar-refractivity contribution in [3.63, 3.8) is 0 Å². The molecule has 4 heteroatoms. The second-order valence-corrected chi connectivity index (χ2v) is 6.75. The van der Waals surface area contributed by atoms with Crippen LogP contribution in [-0.2, 0) is 0 Å². The maximum atomic E-state index is 10.2. The molecule has 1 aliphatic heterocycles. The van der Waals surface area contributed by atoms with Gasteiger partial charge in [-0.1, -0.05) is 29.8 Å². The molecule has 0 aliphatic carbocycles. The molecule has 0 saturated carbocycles. The van der Waals surface area contributed by atoms with Crippen LogP contribution in [-0.4, -0.2) is 42.3 Å². The third-order valence-electron chi connectivity index (χ3n) is 4.52. The minimum Gasteiger partial charge on any atom is -0.390 e. The molecule has 1 aliphatic rings. The summed E-state index contributed by atoms with van der Waals surface area (Å²) in [6.45, 7) is 5.05. The fraction of sp³-hybridized carbons (Fsp3) is 0.647.